The fraction of sp³-hybridized carbons (Fsp3) is 0.750. The zero-order chi connectivity index (χ0) is 11.4. The second kappa shape index (κ2) is 5.64. The zero-order valence-corrected chi connectivity index (χ0v) is 10.8. The van der Waals surface area contributed by atoms with Crippen LogP contribution in [0, 0.1) is 0 Å². The molecule has 0 spiro atoms. The number of hydrogen-bond acceptors (Lipinski definition) is 4. The maximum Gasteiger partial charge on any atom is 0.185 e. The summed E-state index contributed by atoms with van der Waals surface area (Å²) in [5.41, 5.74) is 6.63. The summed E-state index contributed by atoms with van der Waals surface area (Å²) < 4.78 is 0. The molecule has 0 saturated heterocycles. The highest BCUT2D eigenvalue weighted by Gasteiger charge is 2.22. The highest BCUT2D eigenvalue weighted by Crippen LogP contribution is 2.29. The van der Waals surface area contributed by atoms with Crippen molar-refractivity contribution in [3.8, 4) is 0 Å². The van der Waals surface area contributed by atoms with Crippen LogP contribution in [0.25, 0.3) is 0 Å². The molecule has 1 aliphatic carbocycles. The number of hydrogen-bond donors (Lipinski definition) is 1. The molecule has 4 heteroatoms. The molecule has 2 N–H and O–H groups in total. The SMILES string of the molecule is CCN(c1nc(CN)cs1)C1CCCCC1. The largest absolute Gasteiger partial charge is 0.345 e. The average Bonchev–Trinajstić information content (AvgIpc) is 2.80. The van der Waals surface area contributed by atoms with Crippen molar-refractivity contribution in [3.63, 3.8) is 0 Å². The lowest BCUT2D eigenvalue weighted by Crippen LogP contribution is -2.36. The summed E-state index contributed by atoms with van der Waals surface area (Å²) in [6.07, 6.45) is 6.79. The van der Waals surface area contributed by atoms with Gasteiger partial charge in [-0.25, -0.2) is 4.98 Å². The van der Waals surface area contributed by atoms with Crippen molar-refractivity contribution in [2.45, 2.75) is 51.6 Å². The standard InChI is InChI=1S/C12H21N3S/c1-2-15(11-6-4-3-5-7-11)12-14-10(8-13)9-16-12/h9,11H,2-8,13H2,1H3. The van der Waals surface area contributed by atoms with Crippen LogP contribution in [0.15, 0.2) is 5.38 Å². The molecule has 16 heavy (non-hydrogen) atoms. The van der Waals surface area contributed by atoms with Crippen molar-refractivity contribution in [2.24, 2.45) is 5.73 Å². The smallest absolute Gasteiger partial charge is 0.185 e. The molecule has 1 aromatic rings. The number of thiazole rings is 1. The van der Waals surface area contributed by atoms with E-state index in [1.54, 1.807) is 11.3 Å². The van der Waals surface area contributed by atoms with Crippen molar-refractivity contribution >= 4 is 16.5 Å². The highest BCUT2D eigenvalue weighted by atomic mass is 32.1. The minimum atomic E-state index is 0.554. The van der Waals surface area contributed by atoms with Crippen molar-refractivity contribution in [1.82, 2.24) is 4.98 Å². The molecule has 0 aliphatic heterocycles. The minimum absolute atomic E-state index is 0.554. The van der Waals surface area contributed by atoms with E-state index in [0.717, 1.165) is 17.4 Å². The molecule has 1 heterocycles. The fourth-order valence-corrected chi connectivity index (χ4v) is 3.44. The van der Waals surface area contributed by atoms with Gasteiger partial charge in [0.25, 0.3) is 0 Å². The Hall–Kier alpha value is -0.610. The van der Waals surface area contributed by atoms with Crippen LogP contribution in [0.2, 0.25) is 0 Å². The number of nitrogens with zero attached hydrogens (tertiary/aromatic N) is 2. The first kappa shape index (κ1) is 11.9. The lowest BCUT2D eigenvalue weighted by Gasteiger charge is -2.33. The van der Waals surface area contributed by atoms with Crippen molar-refractivity contribution in [1.29, 1.82) is 0 Å². The molecule has 1 aliphatic rings. The predicted molar refractivity (Wildman–Crippen MR) is 69.9 cm³/mol. The number of nitrogens with two attached hydrogens (primary N) is 1. The third-order valence-corrected chi connectivity index (χ3v) is 4.28. The summed E-state index contributed by atoms with van der Waals surface area (Å²) in [4.78, 5) is 7.06. The Balaban J connectivity index is 2.08. The van der Waals surface area contributed by atoms with Crippen LogP contribution in [0.3, 0.4) is 0 Å². The van der Waals surface area contributed by atoms with E-state index in [9.17, 15) is 0 Å². The van der Waals surface area contributed by atoms with Gasteiger partial charge in [-0.05, 0) is 19.8 Å². The van der Waals surface area contributed by atoms with Gasteiger partial charge in [0.15, 0.2) is 5.13 Å². The molecule has 0 radical (unpaired) electrons. The molecule has 2 rings (SSSR count). The molecular formula is C12H21N3S. The van der Waals surface area contributed by atoms with Crippen LogP contribution < -0.4 is 10.6 Å². The maximum absolute atomic E-state index is 5.61. The molecule has 0 atom stereocenters. The normalized spacial score (nSPS) is 17.6. The molecular weight excluding hydrogens is 218 g/mol. The van der Waals surface area contributed by atoms with Crippen LogP contribution in [0.1, 0.15) is 44.7 Å². The van der Waals surface area contributed by atoms with E-state index < -0.39 is 0 Å². The Morgan fingerprint density at radius 1 is 1.44 bits per heavy atom. The van der Waals surface area contributed by atoms with Crippen LogP contribution >= 0.6 is 11.3 Å². The van der Waals surface area contributed by atoms with Gasteiger partial charge >= 0.3 is 0 Å². The van der Waals surface area contributed by atoms with E-state index in [4.69, 9.17) is 5.73 Å². The molecule has 1 saturated carbocycles. The number of rotatable bonds is 4. The molecule has 1 aromatic heterocycles. The summed E-state index contributed by atoms with van der Waals surface area (Å²) in [7, 11) is 0. The van der Waals surface area contributed by atoms with Gasteiger partial charge in [0, 0.05) is 24.5 Å². The minimum Gasteiger partial charge on any atom is -0.345 e. The molecule has 0 unspecified atom stereocenters. The first-order chi connectivity index (χ1) is 7.85. The maximum atomic E-state index is 5.61. The Bertz CT molecular complexity index is 318. The van der Waals surface area contributed by atoms with E-state index in [1.165, 1.54) is 32.1 Å². The Labute approximate surface area is 102 Å². The lowest BCUT2D eigenvalue weighted by atomic mass is 9.94. The van der Waals surface area contributed by atoms with Crippen LogP contribution in [-0.2, 0) is 6.54 Å². The molecule has 0 bridgehead atoms. The van der Waals surface area contributed by atoms with E-state index >= 15 is 0 Å². The fourth-order valence-electron chi connectivity index (χ4n) is 2.46. The van der Waals surface area contributed by atoms with E-state index in [1.807, 2.05) is 0 Å². The van der Waals surface area contributed by atoms with Gasteiger partial charge in [-0.1, -0.05) is 19.3 Å². The number of anilines is 1. The summed E-state index contributed by atoms with van der Waals surface area (Å²) in [6, 6.07) is 0.704. The Kier molecular flexibility index (Phi) is 4.18. The van der Waals surface area contributed by atoms with Gasteiger partial charge < -0.3 is 10.6 Å². The van der Waals surface area contributed by atoms with E-state index in [-0.39, 0.29) is 0 Å². The van der Waals surface area contributed by atoms with E-state index in [2.05, 4.69) is 22.2 Å². The summed E-state index contributed by atoms with van der Waals surface area (Å²) in [5.74, 6) is 0. The lowest BCUT2D eigenvalue weighted by molar-refractivity contribution is 0.418. The van der Waals surface area contributed by atoms with Crippen LogP contribution in [-0.4, -0.2) is 17.6 Å². The van der Waals surface area contributed by atoms with Gasteiger partial charge in [0.05, 0.1) is 5.69 Å². The average molecular weight is 239 g/mol. The van der Waals surface area contributed by atoms with Crippen molar-refractivity contribution in [3.05, 3.63) is 11.1 Å². The van der Waals surface area contributed by atoms with Gasteiger partial charge in [0.1, 0.15) is 0 Å². The van der Waals surface area contributed by atoms with Gasteiger partial charge in [-0.3, -0.25) is 0 Å². The Morgan fingerprint density at radius 3 is 2.75 bits per heavy atom. The second-order valence-electron chi connectivity index (χ2n) is 4.40. The van der Waals surface area contributed by atoms with Gasteiger partial charge in [-0.15, -0.1) is 11.3 Å². The quantitative estimate of drug-likeness (QED) is 0.878. The van der Waals surface area contributed by atoms with Gasteiger partial charge in [-0.2, -0.15) is 0 Å². The third kappa shape index (κ3) is 2.55. The summed E-state index contributed by atoms with van der Waals surface area (Å²) in [5, 5.41) is 3.25. The predicted octanol–water partition coefficient (Wildman–Crippen LogP) is 2.76. The molecule has 0 amide bonds. The van der Waals surface area contributed by atoms with Crippen molar-refractivity contribution < 1.29 is 0 Å². The first-order valence-corrected chi connectivity index (χ1v) is 7.14. The highest BCUT2D eigenvalue weighted by molar-refractivity contribution is 7.13. The monoisotopic (exact) mass is 239 g/mol. The second-order valence-corrected chi connectivity index (χ2v) is 5.24. The topological polar surface area (TPSA) is 42.2 Å². The van der Waals surface area contributed by atoms with Crippen molar-refractivity contribution in [2.75, 3.05) is 11.4 Å². The summed E-state index contributed by atoms with van der Waals surface area (Å²) in [6.45, 7) is 3.83. The Morgan fingerprint density at radius 2 is 2.19 bits per heavy atom. The molecule has 90 valence electrons. The molecule has 3 nitrogen and oxygen atoms in total. The first-order valence-electron chi connectivity index (χ1n) is 6.26. The summed E-state index contributed by atoms with van der Waals surface area (Å²) >= 11 is 1.74. The third-order valence-electron chi connectivity index (χ3n) is 3.35. The zero-order valence-electron chi connectivity index (χ0n) is 9.98. The van der Waals surface area contributed by atoms with Gasteiger partial charge in [0.2, 0.25) is 0 Å². The molecule has 1 fully saturated rings. The van der Waals surface area contributed by atoms with Crippen LogP contribution in [0.4, 0.5) is 5.13 Å². The van der Waals surface area contributed by atoms with E-state index in [0.29, 0.717) is 12.6 Å². The van der Waals surface area contributed by atoms with Crippen LogP contribution in [0.5, 0.6) is 0 Å². The molecule has 0 aromatic carbocycles. The number of aromatic nitrogens is 1.